The van der Waals surface area contributed by atoms with Crippen molar-refractivity contribution in [1.29, 1.82) is 0 Å². The van der Waals surface area contributed by atoms with Gasteiger partial charge in [0.25, 0.3) is 5.69 Å². The molecule has 116 valence electrons. The minimum absolute atomic E-state index is 0.705. The molecule has 9 nitrogen and oxygen atoms in total. The van der Waals surface area contributed by atoms with Crippen LogP contribution in [0.3, 0.4) is 0 Å². The Labute approximate surface area is 118 Å². The highest BCUT2D eigenvalue weighted by molar-refractivity contribution is 7.89. The average Bonchev–Trinajstić information content (AvgIpc) is 2.35. The molecule has 0 aliphatic carbocycles. The van der Waals surface area contributed by atoms with E-state index >= 15 is 0 Å². The highest BCUT2D eigenvalue weighted by atomic mass is 32.2. The molecule has 0 amide bonds. The summed E-state index contributed by atoms with van der Waals surface area (Å²) in [6.45, 7) is -0.177. The van der Waals surface area contributed by atoms with Gasteiger partial charge in [-0.05, 0) is 13.0 Å². The number of hydrogen-bond acceptors (Lipinski definition) is 6. The second-order valence-electron chi connectivity index (χ2n) is 4.25. The van der Waals surface area contributed by atoms with E-state index in [0.717, 1.165) is 19.1 Å². The SMILES string of the molecule is CC(O)(CNS(=O)(=O)c1c(F)cccc1[N+](=O)[O-])C(=O)O. The molecule has 1 atom stereocenters. The van der Waals surface area contributed by atoms with Crippen LogP contribution in [0, 0.1) is 15.9 Å². The molecule has 11 heteroatoms. The Hall–Kier alpha value is -2.11. The van der Waals surface area contributed by atoms with Crippen LogP contribution in [0.5, 0.6) is 0 Å². The average molecular weight is 322 g/mol. The topological polar surface area (TPSA) is 147 Å². The third-order valence-electron chi connectivity index (χ3n) is 2.48. The van der Waals surface area contributed by atoms with Crippen molar-refractivity contribution < 1.29 is 32.7 Å². The van der Waals surface area contributed by atoms with Crippen LogP contribution in [0.25, 0.3) is 0 Å². The van der Waals surface area contributed by atoms with Crippen molar-refractivity contribution in [2.75, 3.05) is 6.54 Å². The van der Waals surface area contributed by atoms with Gasteiger partial charge < -0.3 is 10.2 Å². The lowest BCUT2D eigenvalue weighted by Crippen LogP contribution is -2.46. The van der Waals surface area contributed by atoms with Crippen molar-refractivity contribution >= 4 is 21.7 Å². The first-order chi connectivity index (χ1) is 9.49. The molecule has 0 spiro atoms. The summed E-state index contributed by atoms with van der Waals surface area (Å²) < 4.78 is 39.0. The third-order valence-corrected chi connectivity index (χ3v) is 3.94. The fraction of sp³-hybridized carbons (Fsp3) is 0.300. The quantitative estimate of drug-likeness (QED) is 0.487. The molecular formula is C10H11FN2O7S. The fourth-order valence-electron chi connectivity index (χ4n) is 1.29. The van der Waals surface area contributed by atoms with Gasteiger partial charge in [-0.25, -0.2) is 22.3 Å². The van der Waals surface area contributed by atoms with Crippen molar-refractivity contribution in [3.8, 4) is 0 Å². The summed E-state index contributed by atoms with van der Waals surface area (Å²) in [5.41, 5.74) is -3.45. The van der Waals surface area contributed by atoms with Gasteiger partial charge in [0.05, 0.1) is 11.5 Å². The Kier molecular flexibility index (Phi) is 4.61. The maximum absolute atomic E-state index is 13.6. The van der Waals surface area contributed by atoms with Crippen LogP contribution in [0.1, 0.15) is 6.92 Å². The molecule has 0 saturated carbocycles. The molecule has 1 aromatic rings. The van der Waals surface area contributed by atoms with Crippen molar-refractivity contribution in [3.63, 3.8) is 0 Å². The highest BCUT2D eigenvalue weighted by Crippen LogP contribution is 2.26. The summed E-state index contributed by atoms with van der Waals surface area (Å²) in [6, 6.07) is 2.45. The molecule has 0 saturated heterocycles. The van der Waals surface area contributed by atoms with Gasteiger partial charge in [-0.15, -0.1) is 0 Å². The van der Waals surface area contributed by atoms with Crippen molar-refractivity contribution in [2.24, 2.45) is 0 Å². The van der Waals surface area contributed by atoms with Gasteiger partial charge in [0.2, 0.25) is 10.0 Å². The summed E-state index contributed by atoms with van der Waals surface area (Å²) in [7, 11) is -4.72. The minimum atomic E-state index is -4.72. The van der Waals surface area contributed by atoms with E-state index in [9.17, 15) is 32.8 Å². The molecular weight excluding hydrogens is 311 g/mol. The Morgan fingerprint density at radius 3 is 2.57 bits per heavy atom. The van der Waals surface area contributed by atoms with E-state index in [2.05, 4.69) is 0 Å². The van der Waals surface area contributed by atoms with E-state index in [1.54, 1.807) is 4.72 Å². The molecule has 0 aliphatic heterocycles. The zero-order valence-electron chi connectivity index (χ0n) is 10.6. The maximum atomic E-state index is 13.6. The molecule has 3 N–H and O–H groups in total. The lowest BCUT2D eigenvalue weighted by molar-refractivity contribution is -0.388. The van der Waals surface area contributed by atoms with Gasteiger partial charge in [-0.1, -0.05) is 6.07 Å². The van der Waals surface area contributed by atoms with Gasteiger partial charge >= 0.3 is 5.97 Å². The molecule has 0 heterocycles. The monoisotopic (exact) mass is 322 g/mol. The molecule has 0 aliphatic rings. The molecule has 21 heavy (non-hydrogen) atoms. The number of nitrogens with zero attached hydrogens (tertiary/aromatic N) is 1. The fourth-order valence-corrected chi connectivity index (χ4v) is 2.65. The molecule has 1 unspecified atom stereocenters. The summed E-state index contributed by atoms with van der Waals surface area (Å²) in [5, 5.41) is 28.8. The highest BCUT2D eigenvalue weighted by Gasteiger charge is 2.35. The summed E-state index contributed by atoms with van der Waals surface area (Å²) >= 11 is 0. The first-order valence-electron chi connectivity index (χ1n) is 5.37. The number of sulfonamides is 1. The van der Waals surface area contributed by atoms with Gasteiger partial charge in [0.15, 0.2) is 10.5 Å². The number of rotatable bonds is 6. The normalized spacial score (nSPS) is 14.4. The summed E-state index contributed by atoms with van der Waals surface area (Å²) in [6.07, 6.45) is 0. The maximum Gasteiger partial charge on any atom is 0.336 e. The molecule has 0 radical (unpaired) electrons. The van der Waals surface area contributed by atoms with E-state index < -0.39 is 49.5 Å². The van der Waals surface area contributed by atoms with E-state index in [-0.39, 0.29) is 0 Å². The number of halogens is 1. The Morgan fingerprint density at radius 1 is 1.52 bits per heavy atom. The minimum Gasteiger partial charge on any atom is -0.479 e. The summed E-state index contributed by atoms with van der Waals surface area (Å²) in [4.78, 5) is 19.1. The number of hydrogen-bond donors (Lipinski definition) is 3. The van der Waals surface area contributed by atoms with Crippen molar-refractivity contribution in [3.05, 3.63) is 34.1 Å². The van der Waals surface area contributed by atoms with Gasteiger partial charge in [0, 0.05) is 6.07 Å². The lowest BCUT2D eigenvalue weighted by Gasteiger charge is -2.18. The van der Waals surface area contributed by atoms with E-state index in [4.69, 9.17) is 5.11 Å². The predicted molar refractivity (Wildman–Crippen MR) is 66.5 cm³/mol. The van der Waals surface area contributed by atoms with Crippen molar-refractivity contribution in [2.45, 2.75) is 17.4 Å². The number of aliphatic hydroxyl groups is 1. The summed E-state index contributed by atoms with van der Waals surface area (Å²) in [5.74, 6) is -3.08. The predicted octanol–water partition coefficient (Wildman–Crippen LogP) is -0.152. The first-order valence-corrected chi connectivity index (χ1v) is 6.85. The van der Waals surface area contributed by atoms with Gasteiger partial charge in [-0.3, -0.25) is 10.1 Å². The number of aliphatic carboxylic acids is 1. The number of nitro groups is 1. The van der Waals surface area contributed by atoms with Crippen LogP contribution in [-0.2, 0) is 14.8 Å². The van der Waals surface area contributed by atoms with E-state index in [0.29, 0.717) is 6.07 Å². The molecule has 0 fully saturated rings. The molecule has 0 aromatic heterocycles. The lowest BCUT2D eigenvalue weighted by atomic mass is 10.1. The zero-order valence-corrected chi connectivity index (χ0v) is 11.4. The van der Waals surface area contributed by atoms with Gasteiger partial charge in [-0.2, -0.15) is 0 Å². The largest absolute Gasteiger partial charge is 0.479 e. The van der Waals surface area contributed by atoms with E-state index in [1.165, 1.54) is 0 Å². The molecule has 1 aromatic carbocycles. The second-order valence-corrected chi connectivity index (χ2v) is 5.95. The van der Waals surface area contributed by atoms with Crippen LogP contribution < -0.4 is 4.72 Å². The Morgan fingerprint density at radius 2 is 2.10 bits per heavy atom. The Bertz CT molecular complexity index is 687. The number of carbonyl (C=O) groups is 1. The van der Waals surface area contributed by atoms with E-state index in [1.807, 2.05) is 0 Å². The van der Waals surface area contributed by atoms with Crippen LogP contribution in [-0.4, -0.2) is 41.7 Å². The van der Waals surface area contributed by atoms with Crippen LogP contribution >= 0.6 is 0 Å². The van der Waals surface area contributed by atoms with Crippen LogP contribution in [0.2, 0.25) is 0 Å². The van der Waals surface area contributed by atoms with Crippen molar-refractivity contribution in [1.82, 2.24) is 4.72 Å². The number of carboxylic acids is 1. The Balaban J connectivity index is 3.21. The molecule has 0 bridgehead atoms. The smallest absolute Gasteiger partial charge is 0.336 e. The van der Waals surface area contributed by atoms with Crippen LogP contribution in [0.15, 0.2) is 23.1 Å². The van der Waals surface area contributed by atoms with Gasteiger partial charge in [0.1, 0.15) is 5.82 Å². The zero-order chi connectivity index (χ0) is 16.4. The third kappa shape index (κ3) is 3.71. The number of nitro benzene ring substituents is 1. The number of nitrogens with one attached hydrogen (secondary N) is 1. The standard InChI is InChI=1S/C10H11FN2O7S/c1-10(16,9(14)15)5-12-21(19,20)8-6(11)3-2-4-7(8)13(17)18/h2-4,12,16H,5H2,1H3,(H,14,15). The number of carboxylic acid groups (broad SMARTS) is 1. The van der Waals surface area contributed by atoms with Crippen LogP contribution in [0.4, 0.5) is 10.1 Å². The second kappa shape index (κ2) is 5.71. The molecule has 1 rings (SSSR count). The number of benzene rings is 1. The first kappa shape index (κ1) is 16.9.